The SMILES string of the molecule is CCCOc1c(Cl)cc(C(=O)NCC2=CCNCC2)cc1OCC.Cl. The first-order chi connectivity index (χ1) is 11.7. The van der Waals surface area contributed by atoms with Crippen LogP contribution in [0.5, 0.6) is 11.5 Å². The summed E-state index contributed by atoms with van der Waals surface area (Å²) in [6.45, 7) is 7.29. The molecule has 0 saturated carbocycles. The Morgan fingerprint density at radius 3 is 2.76 bits per heavy atom. The highest BCUT2D eigenvalue weighted by atomic mass is 35.5. The molecule has 140 valence electrons. The highest BCUT2D eigenvalue weighted by molar-refractivity contribution is 6.32. The van der Waals surface area contributed by atoms with Gasteiger partial charge in [-0.3, -0.25) is 4.79 Å². The van der Waals surface area contributed by atoms with Crippen molar-refractivity contribution in [3.05, 3.63) is 34.4 Å². The van der Waals surface area contributed by atoms with E-state index in [4.69, 9.17) is 21.1 Å². The molecule has 7 heteroatoms. The van der Waals surface area contributed by atoms with Crippen molar-refractivity contribution in [1.82, 2.24) is 10.6 Å². The van der Waals surface area contributed by atoms with Gasteiger partial charge in [-0.1, -0.05) is 30.2 Å². The zero-order chi connectivity index (χ0) is 17.4. The average molecular weight is 389 g/mol. The molecule has 0 unspecified atom stereocenters. The summed E-state index contributed by atoms with van der Waals surface area (Å²) in [5.41, 5.74) is 1.71. The second-order valence-corrected chi connectivity index (χ2v) is 5.97. The van der Waals surface area contributed by atoms with Crippen molar-refractivity contribution in [3.63, 3.8) is 0 Å². The normalized spacial score (nSPS) is 13.5. The van der Waals surface area contributed by atoms with Crippen LogP contribution >= 0.6 is 24.0 Å². The molecule has 0 radical (unpaired) electrons. The Kier molecular flexibility index (Phi) is 9.71. The topological polar surface area (TPSA) is 59.6 Å². The maximum Gasteiger partial charge on any atom is 0.251 e. The van der Waals surface area contributed by atoms with E-state index < -0.39 is 0 Å². The molecule has 1 aliphatic rings. The second-order valence-electron chi connectivity index (χ2n) is 5.57. The molecule has 0 aliphatic carbocycles. The Morgan fingerprint density at radius 1 is 1.32 bits per heavy atom. The van der Waals surface area contributed by atoms with Crippen LogP contribution in [0.4, 0.5) is 0 Å². The number of hydrogen-bond donors (Lipinski definition) is 2. The van der Waals surface area contributed by atoms with Crippen LogP contribution in [0.25, 0.3) is 0 Å². The van der Waals surface area contributed by atoms with Crippen LogP contribution in [0, 0.1) is 0 Å². The third-order valence-electron chi connectivity index (χ3n) is 3.66. The third-order valence-corrected chi connectivity index (χ3v) is 3.94. The van der Waals surface area contributed by atoms with Crippen molar-refractivity contribution in [3.8, 4) is 11.5 Å². The van der Waals surface area contributed by atoms with Crippen molar-refractivity contribution < 1.29 is 14.3 Å². The molecule has 5 nitrogen and oxygen atoms in total. The van der Waals surface area contributed by atoms with Gasteiger partial charge in [-0.05, 0) is 38.4 Å². The van der Waals surface area contributed by atoms with Gasteiger partial charge in [0.05, 0.1) is 18.2 Å². The Balaban J connectivity index is 0.00000312. The molecule has 1 heterocycles. The smallest absolute Gasteiger partial charge is 0.251 e. The molecule has 0 aromatic heterocycles. The fraction of sp³-hybridized carbons (Fsp3) is 0.500. The van der Waals surface area contributed by atoms with E-state index in [9.17, 15) is 4.79 Å². The summed E-state index contributed by atoms with van der Waals surface area (Å²) in [5.74, 6) is 0.835. The molecular weight excluding hydrogens is 363 g/mol. The maximum absolute atomic E-state index is 12.4. The molecule has 0 saturated heterocycles. The van der Waals surface area contributed by atoms with Crippen LogP contribution < -0.4 is 20.1 Å². The lowest BCUT2D eigenvalue weighted by Crippen LogP contribution is -2.29. The van der Waals surface area contributed by atoms with E-state index >= 15 is 0 Å². The predicted molar refractivity (Wildman–Crippen MR) is 104 cm³/mol. The highest BCUT2D eigenvalue weighted by Crippen LogP contribution is 2.36. The first-order valence-corrected chi connectivity index (χ1v) is 8.79. The van der Waals surface area contributed by atoms with E-state index in [0.29, 0.717) is 41.8 Å². The lowest BCUT2D eigenvalue weighted by atomic mass is 10.1. The van der Waals surface area contributed by atoms with Crippen LogP contribution in [0.3, 0.4) is 0 Å². The van der Waals surface area contributed by atoms with Gasteiger partial charge in [0, 0.05) is 18.7 Å². The molecule has 1 aliphatic heterocycles. The summed E-state index contributed by atoms with van der Waals surface area (Å²) in [7, 11) is 0. The summed E-state index contributed by atoms with van der Waals surface area (Å²) in [4.78, 5) is 12.4. The van der Waals surface area contributed by atoms with Crippen molar-refractivity contribution in [2.75, 3.05) is 32.8 Å². The molecule has 2 N–H and O–H groups in total. The standard InChI is InChI=1S/C18H25ClN2O3.ClH/c1-3-9-24-17-15(19)10-14(11-16(17)23-4-2)18(22)21-12-13-5-7-20-8-6-13;/h5,10-11,20H,3-4,6-9,12H2,1-2H3,(H,21,22);1H. The van der Waals surface area contributed by atoms with E-state index in [1.165, 1.54) is 5.57 Å². The number of rotatable bonds is 8. The minimum Gasteiger partial charge on any atom is -0.490 e. The molecule has 25 heavy (non-hydrogen) atoms. The number of ether oxygens (including phenoxy) is 2. The largest absolute Gasteiger partial charge is 0.490 e. The van der Waals surface area contributed by atoms with Gasteiger partial charge in [0.2, 0.25) is 0 Å². The van der Waals surface area contributed by atoms with Crippen molar-refractivity contribution in [2.45, 2.75) is 26.7 Å². The number of carbonyl (C=O) groups is 1. The van der Waals surface area contributed by atoms with Gasteiger partial charge < -0.3 is 20.1 Å². The summed E-state index contributed by atoms with van der Waals surface area (Å²) >= 11 is 6.29. The van der Waals surface area contributed by atoms with Crippen molar-refractivity contribution >= 4 is 29.9 Å². The average Bonchev–Trinajstić information content (AvgIpc) is 2.60. The molecule has 2 rings (SSSR count). The fourth-order valence-electron chi connectivity index (χ4n) is 2.43. The summed E-state index contributed by atoms with van der Waals surface area (Å²) < 4.78 is 11.2. The van der Waals surface area contributed by atoms with Crippen LogP contribution in [0.15, 0.2) is 23.8 Å². The van der Waals surface area contributed by atoms with Gasteiger partial charge in [-0.25, -0.2) is 0 Å². The Hall–Kier alpha value is -1.43. The monoisotopic (exact) mass is 388 g/mol. The zero-order valence-corrected chi connectivity index (χ0v) is 16.3. The van der Waals surface area contributed by atoms with Crippen molar-refractivity contribution in [2.24, 2.45) is 0 Å². The molecule has 0 fully saturated rings. The maximum atomic E-state index is 12.4. The molecule has 1 aromatic rings. The third kappa shape index (κ3) is 6.42. The lowest BCUT2D eigenvalue weighted by molar-refractivity contribution is 0.0956. The van der Waals surface area contributed by atoms with Gasteiger partial charge in [0.15, 0.2) is 11.5 Å². The van der Waals surface area contributed by atoms with Gasteiger partial charge in [0.1, 0.15) is 0 Å². The molecular formula is C18H26Cl2N2O3. The van der Waals surface area contributed by atoms with Gasteiger partial charge in [-0.2, -0.15) is 0 Å². The Labute approximate surface area is 160 Å². The summed E-state index contributed by atoms with van der Waals surface area (Å²) in [6.07, 6.45) is 3.94. The first-order valence-electron chi connectivity index (χ1n) is 8.41. The number of halogens is 2. The Bertz CT molecular complexity index is 606. The van der Waals surface area contributed by atoms with Gasteiger partial charge in [-0.15, -0.1) is 12.4 Å². The number of nitrogens with one attached hydrogen (secondary N) is 2. The number of carbonyl (C=O) groups excluding carboxylic acids is 1. The van der Waals surface area contributed by atoms with E-state index in [-0.39, 0.29) is 18.3 Å². The molecule has 1 amide bonds. The van der Waals surface area contributed by atoms with E-state index in [2.05, 4.69) is 16.7 Å². The van der Waals surface area contributed by atoms with Crippen LogP contribution in [0.2, 0.25) is 5.02 Å². The van der Waals surface area contributed by atoms with Crippen molar-refractivity contribution in [1.29, 1.82) is 0 Å². The minimum absolute atomic E-state index is 0. The first kappa shape index (κ1) is 21.6. The fourth-order valence-corrected chi connectivity index (χ4v) is 2.70. The number of hydrogen-bond acceptors (Lipinski definition) is 4. The van der Waals surface area contributed by atoms with Crippen LogP contribution in [-0.2, 0) is 0 Å². The van der Waals surface area contributed by atoms with Gasteiger partial charge in [0.25, 0.3) is 5.91 Å². The number of amides is 1. The molecule has 1 aromatic carbocycles. The lowest BCUT2D eigenvalue weighted by Gasteiger charge is -2.16. The predicted octanol–water partition coefficient (Wildman–Crippen LogP) is 3.60. The van der Waals surface area contributed by atoms with Crippen LogP contribution in [-0.4, -0.2) is 38.8 Å². The minimum atomic E-state index is -0.167. The van der Waals surface area contributed by atoms with E-state index in [0.717, 1.165) is 25.9 Å². The van der Waals surface area contributed by atoms with E-state index in [1.807, 2.05) is 13.8 Å². The second kappa shape index (κ2) is 11.2. The molecule has 0 spiro atoms. The van der Waals surface area contributed by atoms with E-state index in [1.54, 1.807) is 12.1 Å². The Morgan fingerprint density at radius 2 is 2.12 bits per heavy atom. The highest BCUT2D eigenvalue weighted by Gasteiger charge is 2.16. The quantitative estimate of drug-likeness (QED) is 0.667. The van der Waals surface area contributed by atoms with Gasteiger partial charge >= 0.3 is 0 Å². The summed E-state index contributed by atoms with van der Waals surface area (Å²) in [5, 5.41) is 6.58. The molecule has 0 bridgehead atoms. The summed E-state index contributed by atoms with van der Waals surface area (Å²) in [6, 6.07) is 3.31. The number of benzene rings is 1. The zero-order valence-electron chi connectivity index (χ0n) is 14.7. The van der Waals surface area contributed by atoms with Crippen LogP contribution in [0.1, 0.15) is 37.0 Å². The molecule has 0 atom stereocenters.